The fourth-order valence-corrected chi connectivity index (χ4v) is 2.11. The first-order valence-corrected chi connectivity index (χ1v) is 6.59. The van der Waals surface area contributed by atoms with E-state index >= 15 is 0 Å². The molecule has 0 saturated carbocycles. The Bertz CT molecular complexity index is 563. The summed E-state index contributed by atoms with van der Waals surface area (Å²) < 4.78 is 0. The maximum atomic E-state index is 8.81. The average Bonchev–Trinajstić information content (AvgIpc) is 2.49. The summed E-state index contributed by atoms with van der Waals surface area (Å²) in [6.07, 6.45) is 2.18. The van der Waals surface area contributed by atoms with E-state index in [-0.39, 0.29) is 0 Å². The number of rotatable bonds is 5. The van der Waals surface area contributed by atoms with Gasteiger partial charge in [-0.05, 0) is 18.2 Å². The number of aromatic nitrogens is 1. The Balaban J connectivity index is 2.40. The lowest BCUT2D eigenvalue weighted by Crippen LogP contribution is -2.20. The first kappa shape index (κ1) is 13.4. The summed E-state index contributed by atoms with van der Waals surface area (Å²) in [4.78, 5) is 6.44. The van der Waals surface area contributed by atoms with Crippen LogP contribution in [0.3, 0.4) is 0 Å². The molecule has 0 aliphatic rings. The lowest BCUT2D eigenvalue weighted by atomic mass is 10.2. The number of hydrogen-bond donors (Lipinski definition) is 0. The Kier molecular flexibility index (Phi) is 4.77. The standard InChI is InChI=1S/C15H14ClN3/c16-12-13-6-4-10-18-15(13)19(11-5-9-17)14-7-2-1-3-8-14/h1-4,6-8,10H,5,11-12H2. The Hall–Kier alpha value is -2.05. The molecule has 1 aromatic heterocycles. The fraction of sp³-hybridized carbons (Fsp3) is 0.200. The highest BCUT2D eigenvalue weighted by Crippen LogP contribution is 2.27. The lowest BCUT2D eigenvalue weighted by molar-refractivity contribution is 0.919. The third-order valence-corrected chi connectivity index (χ3v) is 3.07. The highest BCUT2D eigenvalue weighted by Gasteiger charge is 2.13. The molecule has 0 radical (unpaired) electrons. The fourth-order valence-electron chi connectivity index (χ4n) is 1.90. The minimum atomic E-state index is 0.402. The normalized spacial score (nSPS) is 9.89. The van der Waals surface area contributed by atoms with Crippen molar-refractivity contribution >= 4 is 23.1 Å². The van der Waals surface area contributed by atoms with Crippen LogP contribution in [0.5, 0.6) is 0 Å². The van der Waals surface area contributed by atoms with Gasteiger partial charge in [0.05, 0.1) is 18.4 Å². The SMILES string of the molecule is N#CCCN(c1ccccc1)c1ncccc1CCl. The number of hydrogen-bond acceptors (Lipinski definition) is 3. The van der Waals surface area contributed by atoms with Crippen molar-refractivity contribution < 1.29 is 0 Å². The molecule has 0 amide bonds. The van der Waals surface area contributed by atoms with Crippen LogP contribution in [-0.4, -0.2) is 11.5 Å². The summed E-state index contributed by atoms with van der Waals surface area (Å²) in [6.45, 7) is 0.599. The molecule has 0 aliphatic heterocycles. The van der Waals surface area contributed by atoms with Crippen molar-refractivity contribution in [2.45, 2.75) is 12.3 Å². The summed E-state index contributed by atoms with van der Waals surface area (Å²) >= 11 is 5.97. The number of halogens is 1. The molecule has 19 heavy (non-hydrogen) atoms. The maximum absolute atomic E-state index is 8.81. The van der Waals surface area contributed by atoms with Gasteiger partial charge in [0.2, 0.25) is 0 Å². The molecule has 0 N–H and O–H groups in total. The van der Waals surface area contributed by atoms with E-state index in [1.807, 2.05) is 47.4 Å². The Morgan fingerprint density at radius 3 is 2.63 bits per heavy atom. The van der Waals surface area contributed by atoms with Gasteiger partial charge in [-0.2, -0.15) is 5.26 Å². The van der Waals surface area contributed by atoms with Gasteiger partial charge < -0.3 is 4.90 Å². The van der Waals surface area contributed by atoms with Crippen LogP contribution in [0.4, 0.5) is 11.5 Å². The van der Waals surface area contributed by atoms with E-state index in [0.29, 0.717) is 18.8 Å². The first-order chi connectivity index (χ1) is 9.36. The third-order valence-electron chi connectivity index (χ3n) is 2.78. The Morgan fingerprint density at radius 1 is 1.16 bits per heavy atom. The van der Waals surface area contributed by atoms with Gasteiger partial charge in [-0.3, -0.25) is 0 Å². The van der Waals surface area contributed by atoms with E-state index in [2.05, 4.69) is 11.1 Å². The van der Waals surface area contributed by atoms with E-state index in [1.54, 1.807) is 6.20 Å². The monoisotopic (exact) mass is 271 g/mol. The highest BCUT2D eigenvalue weighted by atomic mass is 35.5. The topological polar surface area (TPSA) is 39.9 Å². The molecule has 3 nitrogen and oxygen atoms in total. The molecule has 96 valence electrons. The van der Waals surface area contributed by atoms with Crippen LogP contribution in [0.2, 0.25) is 0 Å². The van der Waals surface area contributed by atoms with Crippen LogP contribution in [0.25, 0.3) is 0 Å². The van der Waals surface area contributed by atoms with Gasteiger partial charge in [0, 0.05) is 24.0 Å². The number of alkyl halides is 1. The van der Waals surface area contributed by atoms with Crippen molar-refractivity contribution in [3.63, 3.8) is 0 Å². The molecule has 0 fully saturated rings. The van der Waals surface area contributed by atoms with Crippen LogP contribution in [0.1, 0.15) is 12.0 Å². The van der Waals surface area contributed by atoms with Gasteiger partial charge in [-0.1, -0.05) is 24.3 Å². The van der Waals surface area contributed by atoms with Crippen molar-refractivity contribution in [1.29, 1.82) is 5.26 Å². The summed E-state index contributed by atoms with van der Waals surface area (Å²) in [5.41, 5.74) is 1.98. The first-order valence-electron chi connectivity index (χ1n) is 6.06. The highest BCUT2D eigenvalue weighted by molar-refractivity contribution is 6.17. The van der Waals surface area contributed by atoms with Crippen molar-refractivity contribution in [1.82, 2.24) is 4.98 Å². The molecular weight excluding hydrogens is 258 g/mol. The van der Waals surface area contributed by atoms with E-state index < -0.39 is 0 Å². The molecule has 0 unspecified atom stereocenters. The van der Waals surface area contributed by atoms with Gasteiger partial charge in [-0.25, -0.2) is 4.98 Å². The number of nitriles is 1. The van der Waals surface area contributed by atoms with Gasteiger partial charge in [-0.15, -0.1) is 11.6 Å². The van der Waals surface area contributed by atoms with E-state index in [1.165, 1.54) is 0 Å². The molecule has 2 aromatic rings. The van der Waals surface area contributed by atoms with Gasteiger partial charge >= 0.3 is 0 Å². The number of nitrogens with zero attached hydrogens (tertiary/aromatic N) is 3. The molecule has 2 rings (SSSR count). The van der Waals surface area contributed by atoms with Crippen molar-refractivity contribution in [2.75, 3.05) is 11.4 Å². The molecule has 0 aliphatic carbocycles. The van der Waals surface area contributed by atoms with Crippen LogP contribution in [-0.2, 0) is 5.88 Å². The molecule has 1 heterocycles. The zero-order chi connectivity index (χ0) is 13.5. The number of para-hydroxylation sites is 1. The van der Waals surface area contributed by atoms with Crippen molar-refractivity contribution in [3.8, 4) is 6.07 Å². The summed E-state index contributed by atoms with van der Waals surface area (Å²) in [6, 6.07) is 15.9. The average molecular weight is 272 g/mol. The second-order valence-electron chi connectivity index (χ2n) is 4.02. The number of anilines is 2. The molecule has 0 saturated heterocycles. The molecule has 0 spiro atoms. The lowest BCUT2D eigenvalue weighted by Gasteiger charge is -2.24. The summed E-state index contributed by atoms with van der Waals surface area (Å²) in [5, 5.41) is 8.81. The maximum Gasteiger partial charge on any atom is 0.137 e. The van der Waals surface area contributed by atoms with Gasteiger partial charge in [0.15, 0.2) is 0 Å². The number of benzene rings is 1. The Morgan fingerprint density at radius 2 is 1.95 bits per heavy atom. The van der Waals surface area contributed by atoms with Crippen molar-refractivity contribution in [2.24, 2.45) is 0 Å². The van der Waals surface area contributed by atoms with Gasteiger partial charge in [0.1, 0.15) is 5.82 Å². The minimum absolute atomic E-state index is 0.402. The molecule has 1 aromatic carbocycles. The predicted molar refractivity (Wildman–Crippen MR) is 77.5 cm³/mol. The van der Waals surface area contributed by atoms with Gasteiger partial charge in [0.25, 0.3) is 0 Å². The number of pyridine rings is 1. The largest absolute Gasteiger partial charge is 0.325 e. The molecule has 0 atom stereocenters. The Labute approximate surface area is 118 Å². The van der Waals surface area contributed by atoms with E-state index in [0.717, 1.165) is 17.1 Å². The molecule has 0 bridgehead atoms. The van der Waals surface area contributed by atoms with E-state index in [9.17, 15) is 0 Å². The van der Waals surface area contributed by atoms with Crippen LogP contribution in [0.15, 0.2) is 48.7 Å². The molecular formula is C15H14ClN3. The quantitative estimate of drug-likeness (QED) is 0.775. The second-order valence-corrected chi connectivity index (χ2v) is 4.28. The second kappa shape index (κ2) is 6.77. The van der Waals surface area contributed by atoms with Crippen LogP contribution >= 0.6 is 11.6 Å². The predicted octanol–water partition coefficient (Wildman–Crippen LogP) is 3.87. The van der Waals surface area contributed by atoms with E-state index in [4.69, 9.17) is 16.9 Å². The van der Waals surface area contributed by atoms with Crippen LogP contribution in [0, 0.1) is 11.3 Å². The van der Waals surface area contributed by atoms with Crippen molar-refractivity contribution in [3.05, 3.63) is 54.2 Å². The van der Waals surface area contributed by atoms with Crippen LogP contribution < -0.4 is 4.90 Å². The minimum Gasteiger partial charge on any atom is -0.325 e. The molecule has 4 heteroatoms. The zero-order valence-corrected chi connectivity index (χ0v) is 11.2. The smallest absolute Gasteiger partial charge is 0.137 e. The summed E-state index contributed by atoms with van der Waals surface area (Å²) in [7, 11) is 0. The zero-order valence-electron chi connectivity index (χ0n) is 10.5. The summed E-state index contributed by atoms with van der Waals surface area (Å²) in [5.74, 6) is 1.22. The third kappa shape index (κ3) is 3.24.